The van der Waals surface area contributed by atoms with Crippen LogP contribution in [-0.2, 0) is 0 Å². The van der Waals surface area contributed by atoms with Crippen molar-refractivity contribution in [2.45, 2.75) is 31.8 Å². The molecule has 1 unspecified atom stereocenters. The van der Waals surface area contributed by atoms with Crippen molar-refractivity contribution < 1.29 is 9.50 Å². The maximum absolute atomic E-state index is 13.0. The molecule has 0 bridgehead atoms. The predicted molar refractivity (Wildman–Crippen MR) is 58.7 cm³/mol. The third kappa shape index (κ3) is 3.06. The van der Waals surface area contributed by atoms with E-state index in [1.54, 1.807) is 12.1 Å². The van der Waals surface area contributed by atoms with Gasteiger partial charge in [-0.2, -0.15) is 0 Å². The topological polar surface area (TPSA) is 20.2 Å². The van der Waals surface area contributed by atoms with E-state index in [0.717, 1.165) is 24.3 Å². The first kappa shape index (κ1) is 11.2. The SMILES string of the molecule is OC(CCC1CC1)c1ccc(F)c([As])c1. The van der Waals surface area contributed by atoms with E-state index in [-0.39, 0.29) is 5.82 Å². The van der Waals surface area contributed by atoms with Gasteiger partial charge in [0, 0.05) is 0 Å². The average molecular weight is 268 g/mol. The summed E-state index contributed by atoms with van der Waals surface area (Å²) >= 11 is 2.19. The second-order valence-electron chi connectivity index (χ2n) is 4.25. The fourth-order valence-electron chi connectivity index (χ4n) is 1.70. The molecule has 1 aliphatic carbocycles. The Labute approximate surface area is 98.2 Å². The zero-order valence-electron chi connectivity index (χ0n) is 8.49. The minimum absolute atomic E-state index is 0.229. The number of rotatable bonds is 4. The second-order valence-corrected chi connectivity index (χ2v) is 5.26. The van der Waals surface area contributed by atoms with E-state index in [9.17, 15) is 9.50 Å². The van der Waals surface area contributed by atoms with Gasteiger partial charge in [0.2, 0.25) is 0 Å². The first-order valence-corrected chi connectivity index (χ1v) is 6.27. The van der Waals surface area contributed by atoms with Gasteiger partial charge >= 0.3 is 98.0 Å². The van der Waals surface area contributed by atoms with Crippen LogP contribution >= 0.6 is 0 Å². The second kappa shape index (κ2) is 4.67. The number of aliphatic hydroxyl groups excluding tert-OH is 1. The maximum atomic E-state index is 13.0. The molecule has 1 nitrogen and oxygen atoms in total. The number of aliphatic hydroxyl groups is 1. The molecule has 2 rings (SSSR count). The van der Waals surface area contributed by atoms with E-state index in [4.69, 9.17) is 0 Å². The molecule has 1 aliphatic rings. The molecule has 0 aliphatic heterocycles. The zero-order chi connectivity index (χ0) is 10.8. The molecule has 0 aromatic heterocycles. The Kier molecular flexibility index (Phi) is 3.48. The Morgan fingerprint density at radius 1 is 1.47 bits per heavy atom. The molecule has 3 heteroatoms. The molecule has 1 N–H and O–H groups in total. The summed E-state index contributed by atoms with van der Waals surface area (Å²) in [6.45, 7) is 0. The van der Waals surface area contributed by atoms with Crippen molar-refractivity contribution in [1.82, 2.24) is 0 Å². The standard InChI is InChI=1S/C12H14AsFO/c13-10-7-9(4-5-11(10)14)12(15)6-3-8-1-2-8/h4-5,7-8,12,15H,1-3,6H2. The Hall–Kier alpha value is -0.332. The molecule has 1 aromatic carbocycles. The molecule has 1 aromatic rings. The van der Waals surface area contributed by atoms with Gasteiger partial charge < -0.3 is 0 Å². The first-order chi connectivity index (χ1) is 7.16. The molecule has 0 spiro atoms. The van der Waals surface area contributed by atoms with Gasteiger partial charge in [-0.15, -0.1) is 0 Å². The van der Waals surface area contributed by atoms with Crippen LogP contribution < -0.4 is 4.35 Å². The van der Waals surface area contributed by atoms with Crippen molar-refractivity contribution in [3.63, 3.8) is 0 Å². The van der Waals surface area contributed by atoms with Gasteiger partial charge in [-0.05, 0) is 0 Å². The van der Waals surface area contributed by atoms with Crippen LogP contribution in [0.4, 0.5) is 4.39 Å². The molecule has 2 radical (unpaired) electrons. The monoisotopic (exact) mass is 268 g/mol. The molecule has 80 valence electrons. The van der Waals surface area contributed by atoms with Crippen LogP contribution in [0.1, 0.15) is 37.4 Å². The van der Waals surface area contributed by atoms with E-state index in [0.29, 0.717) is 4.35 Å². The summed E-state index contributed by atoms with van der Waals surface area (Å²) in [7, 11) is 0. The summed E-state index contributed by atoms with van der Waals surface area (Å²) < 4.78 is 13.5. The van der Waals surface area contributed by atoms with Crippen molar-refractivity contribution in [3.8, 4) is 0 Å². The van der Waals surface area contributed by atoms with Crippen LogP contribution in [0.25, 0.3) is 0 Å². The van der Waals surface area contributed by atoms with Crippen molar-refractivity contribution >= 4 is 21.2 Å². The van der Waals surface area contributed by atoms with Gasteiger partial charge in [0.25, 0.3) is 0 Å². The molecule has 1 saturated carbocycles. The average Bonchev–Trinajstić information content (AvgIpc) is 3.02. The quantitative estimate of drug-likeness (QED) is 0.826. The summed E-state index contributed by atoms with van der Waals surface area (Å²) in [4.78, 5) is 0. The Bertz CT molecular complexity index is 349. The van der Waals surface area contributed by atoms with Crippen LogP contribution in [0.3, 0.4) is 0 Å². The molecule has 0 heterocycles. The van der Waals surface area contributed by atoms with Crippen molar-refractivity contribution in [3.05, 3.63) is 29.6 Å². The van der Waals surface area contributed by atoms with Gasteiger partial charge in [0.05, 0.1) is 0 Å². The van der Waals surface area contributed by atoms with Gasteiger partial charge in [0.1, 0.15) is 0 Å². The Morgan fingerprint density at radius 2 is 2.20 bits per heavy atom. The van der Waals surface area contributed by atoms with Gasteiger partial charge in [0.15, 0.2) is 0 Å². The van der Waals surface area contributed by atoms with Crippen LogP contribution in [0, 0.1) is 11.7 Å². The van der Waals surface area contributed by atoms with Crippen LogP contribution in [0.2, 0.25) is 0 Å². The summed E-state index contributed by atoms with van der Waals surface area (Å²) in [6, 6.07) is 4.81. The first-order valence-electron chi connectivity index (χ1n) is 5.33. The summed E-state index contributed by atoms with van der Waals surface area (Å²) in [5.41, 5.74) is 0.827. The zero-order valence-corrected chi connectivity index (χ0v) is 10.4. The molecular weight excluding hydrogens is 254 g/mol. The number of hydrogen-bond donors (Lipinski definition) is 1. The van der Waals surface area contributed by atoms with Crippen LogP contribution in [-0.4, -0.2) is 22.0 Å². The van der Waals surface area contributed by atoms with Crippen molar-refractivity contribution in [2.75, 3.05) is 0 Å². The normalized spacial score (nSPS) is 17.8. The molecule has 0 amide bonds. The number of halogens is 1. The fourth-order valence-corrected chi connectivity index (χ4v) is 2.17. The van der Waals surface area contributed by atoms with E-state index >= 15 is 0 Å². The number of hydrogen-bond acceptors (Lipinski definition) is 1. The third-order valence-electron chi connectivity index (χ3n) is 2.90. The van der Waals surface area contributed by atoms with Crippen LogP contribution in [0.5, 0.6) is 0 Å². The molecule has 1 atom stereocenters. The van der Waals surface area contributed by atoms with E-state index in [1.807, 2.05) is 0 Å². The summed E-state index contributed by atoms with van der Waals surface area (Å²) in [5, 5.41) is 9.88. The van der Waals surface area contributed by atoms with E-state index in [2.05, 4.69) is 16.9 Å². The fraction of sp³-hybridized carbons (Fsp3) is 0.500. The van der Waals surface area contributed by atoms with Gasteiger partial charge in [-0.1, -0.05) is 0 Å². The van der Waals surface area contributed by atoms with Crippen LogP contribution in [0.15, 0.2) is 18.2 Å². The summed E-state index contributed by atoms with van der Waals surface area (Å²) in [5.74, 6) is 0.602. The predicted octanol–water partition coefficient (Wildman–Crippen LogP) is 1.84. The Morgan fingerprint density at radius 3 is 2.80 bits per heavy atom. The number of benzene rings is 1. The van der Waals surface area contributed by atoms with Gasteiger partial charge in [-0.3, -0.25) is 0 Å². The van der Waals surface area contributed by atoms with E-state index in [1.165, 1.54) is 18.9 Å². The molecular formula is C12H14AsFO. The third-order valence-corrected chi connectivity index (χ3v) is 3.62. The van der Waals surface area contributed by atoms with Crippen molar-refractivity contribution in [1.29, 1.82) is 0 Å². The molecule has 0 saturated heterocycles. The molecule has 1 fully saturated rings. The van der Waals surface area contributed by atoms with Gasteiger partial charge in [-0.25, -0.2) is 0 Å². The summed E-state index contributed by atoms with van der Waals surface area (Å²) in [6.07, 6.45) is 4.07. The molecule has 15 heavy (non-hydrogen) atoms. The van der Waals surface area contributed by atoms with Crippen molar-refractivity contribution in [2.24, 2.45) is 5.92 Å². The Balaban J connectivity index is 1.97. The van der Waals surface area contributed by atoms with E-state index < -0.39 is 6.10 Å². The minimum atomic E-state index is -0.436.